The Bertz CT molecular complexity index is 3020. The van der Waals surface area contributed by atoms with Crippen molar-refractivity contribution in [3.05, 3.63) is 0 Å². The van der Waals surface area contributed by atoms with Gasteiger partial charge in [0.05, 0.1) is 96.1 Å². The minimum atomic E-state index is -2.41. The molecule has 23 N–H and O–H groups in total. The number of carbonyl (C=O) groups is 2. The van der Waals surface area contributed by atoms with Crippen molar-refractivity contribution in [3.8, 4) is 0 Å². The maximum atomic E-state index is 13.1. The molecule has 0 saturated carbocycles. The van der Waals surface area contributed by atoms with E-state index >= 15 is 0 Å². The molecule has 10 aliphatic rings. The smallest absolute Gasteiger partial charge is 0.303 e. The van der Waals surface area contributed by atoms with Crippen molar-refractivity contribution in [1.29, 1.82) is 0 Å². The first-order chi connectivity index (χ1) is 55.4. The summed E-state index contributed by atoms with van der Waals surface area (Å²) >= 11 is 0. The molecule has 10 heterocycles. The Hall–Kier alpha value is -2.74. The third kappa shape index (κ3) is 21.0. The van der Waals surface area contributed by atoms with Crippen molar-refractivity contribution in [1.82, 2.24) is 0 Å². The summed E-state index contributed by atoms with van der Waals surface area (Å²) in [5.74, 6) is -8.25. The van der Waals surface area contributed by atoms with E-state index in [4.69, 9.17) is 99.5 Å². The van der Waals surface area contributed by atoms with Gasteiger partial charge in [-0.25, -0.2) is 0 Å². The molecule has 50 atom stereocenters. The van der Waals surface area contributed by atoms with Crippen LogP contribution in [0.5, 0.6) is 0 Å². The first-order valence-electron chi connectivity index (χ1n) is 39.2. The molecule has 20 unspecified atom stereocenters. The van der Waals surface area contributed by atoms with E-state index in [1.807, 2.05) is 0 Å². The molecule has 10 aliphatic heterocycles. The van der Waals surface area contributed by atoms with Crippen molar-refractivity contribution in [2.24, 2.45) is 41.4 Å². The van der Waals surface area contributed by atoms with Gasteiger partial charge in [0, 0.05) is 49.4 Å². The third-order valence-electron chi connectivity index (χ3n) is 24.0. The van der Waals surface area contributed by atoms with Gasteiger partial charge < -0.3 is 217 Å². The van der Waals surface area contributed by atoms with Crippen molar-refractivity contribution < 1.29 is 227 Å². The largest absolute Gasteiger partial charge is 0.463 e. The Morgan fingerprint density at radius 3 is 1.02 bits per heavy atom. The van der Waals surface area contributed by atoms with Crippen LogP contribution in [0.4, 0.5) is 0 Å². The van der Waals surface area contributed by atoms with Crippen LogP contribution in [-0.4, -0.2) is 460 Å². The highest BCUT2D eigenvalue weighted by Gasteiger charge is 2.61. The van der Waals surface area contributed by atoms with Gasteiger partial charge in [-0.1, -0.05) is 48.5 Å². The van der Waals surface area contributed by atoms with Crippen LogP contribution in [0, 0.1) is 41.4 Å². The van der Waals surface area contributed by atoms with Crippen molar-refractivity contribution in [3.63, 3.8) is 0 Å². The lowest BCUT2D eigenvalue weighted by molar-refractivity contribution is -0.410. The van der Waals surface area contributed by atoms with Gasteiger partial charge in [0.2, 0.25) is 0 Å². The monoisotopic (exact) mass is 1710 g/mol. The van der Waals surface area contributed by atoms with Gasteiger partial charge in [-0.05, 0) is 5.92 Å². The van der Waals surface area contributed by atoms with Crippen LogP contribution in [0.3, 0.4) is 0 Å². The zero-order valence-corrected chi connectivity index (χ0v) is 65.6. The summed E-state index contributed by atoms with van der Waals surface area (Å²) in [6.07, 6.45) is -76.8. The van der Waals surface area contributed by atoms with Crippen LogP contribution in [0.25, 0.3) is 0 Å². The average molecular weight is 1710 g/mol. The van der Waals surface area contributed by atoms with Crippen LogP contribution in [0.15, 0.2) is 0 Å². The molecule has 0 amide bonds. The fourth-order valence-corrected chi connectivity index (χ4v) is 16.1. The van der Waals surface area contributed by atoms with Gasteiger partial charge in [0.25, 0.3) is 0 Å². The molecule has 0 aromatic heterocycles. The molecule has 117 heavy (non-hydrogen) atoms. The fourth-order valence-electron chi connectivity index (χ4n) is 16.1. The predicted octanol–water partition coefficient (Wildman–Crippen LogP) is -12.7. The third-order valence-corrected chi connectivity index (χ3v) is 24.0. The highest BCUT2D eigenvalue weighted by molar-refractivity contribution is 5.66. The molecule has 10 fully saturated rings. The number of rotatable bonds is 30. The molecule has 10 saturated heterocycles. The van der Waals surface area contributed by atoms with Crippen molar-refractivity contribution in [2.45, 2.75) is 327 Å². The van der Waals surface area contributed by atoms with Gasteiger partial charge in [0.1, 0.15) is 165 Å². The van der Waals surface area contributed by atoms with E-state index in [0.717, 1.165) is 6.92 Å². The molecular formula is C71H120O46. The summed E-state index contributed by atoms with van der Waals surface area (Å²) in [5, 5.41) is 258. The second kappa shape index (κ2) is 42.0. The summed E-state index contributed by atoms with van der Waals surface area (Å²) < 4.78 is 127. The lowest BCUT2D eigenvalue weighted by Crippen LogP contribution is -2.68. The van der Waals surface area contributed by atoms with E-state index in [9.17, 15) is 127 Å². The number of esters is 2. The van der Waals surface area contributed by atoms with Crippen LogP contribution < -0.4 is 0 Å². The van der Waals surface area contributed by atoms with E-state index in [1.165, 1.54) is 41.5 Å². The summed E-state index contributed by atoms with van der Waals surface area (Å²) in [4.78, 5) is 24.5. The Labute approximate surface area is 670 Å². The molecule has 10 rings (SSSR count). The summed E-state index contributed by atoms with van der Waals surface area (Å²) in [7, 11) is 0. The van der Waals surface area contributed by atoms with Crippen LogP contribution >= 0.6 is 0 Å². The minimum Gasteiger partial charge on any atom is -0.463 e. The Balaban J connectivity index is 0.964. The highest BCUT2D eigenvalue weighted by Crippen LogP contribution is 2.44. The standard InChI is InChI=1S/C71H120O46/c1-20-21(2)54(100-28(9)80)70(108-36(20)17-97-27(8)79)115-58-34(15-77)105-65(25(6)43(58)85)112-59-35(16-78)107-71(61(52(59)94)117-66-26(7)42(84)56(32(13-75)106-66)113-68-51(93)48(90)45(87)30(11-73)103-68)116-60-47(89)38(19-99-67-50(92)49(91)46(88)37(109-67)18-98-63-23(4)39(81)44(86)29(10-72)102-63)110-69(53(60)95)114-57-33(14-76)104-64(24(5)41(57)83)111-55-31(12-74)101-62(96)22(3)40(55)82/h20-26,29-78,81-96H,10-19H2,1-9H3/t20-,21+,22?,23?,24?,25?,26?,29?,30?,31?,32?,33?,34?,35?,36?,37?,38?,39-,40-,41-,42-,43-,44-,45+,46-,47-,48+,49+,50?,51?,52+,53?,54?,55-,56-,57-,58-,59-,60+,61?,62-,63-,64+,65+,66+,67+,68+,69+,70+,71-/m1/s1. The van der Waals surface area contributed by atoms with Gasteiger partial charge in [-0.15, -0.1) is 0 Å². The zero-order chi connectivity index (χ0) is 85.9. The highest BCUT2D eigenvalue weighted by atomic mass is 16.8. The van der Waals surface area contributed by atoms with Crippen LogP contribution in [0.2, 0.25) is 0 Å². The fraction of sp³-hybridized carbons (Fsp3) is 0.972. The number of aliphatic hydroxyl groups excluding tert-OH is 23. The Kier molecular flexibility index (Phi) is 34.7. The van der Waals surface area contributed by atoms with Crippen LogP contribution in [-0.2, 0) is 109 Å². The lowest BCUT2D eigenvalue weighted by Gasteiger charge is -2.52. The molecular weight excluding hydrogens is 1590 g/mol. The normalized spacial score (nSPS) is 51.5. The van der Waals surface area contributed by atoms with Crippen molar-refractivity contribution in [2.75, 3.05) is 66.1 Å². The SMILES string of the molecule is CC(=O)OCC1O[C@@H](O[C@@H]2C(CO)O[C@@H](O[C@@H]3C(CO)O[C@H](O[C@@H]4C(O)[C@H](O[C@@H]5C(CO)O[C@@H](O[C@@H]6C(CO)O[C@@H](O)C(C)[C@H]6O)C(C)[C@H]5O)OC(CO[C@H]5OC(CO[C@@H]6OC(CO)[C@@H](O)[C@H](O)C6C)[C@@H](O)[C@H](O)C5O)[C@H]4O)C(O[C@@H]4OC(CO)[C@@H](O[C@@H]5OC(CO)[C@H](O)[C@H](O)C5O)[C@H](O)C4C)[C@H]3O)C(C)[C@H]2O)C(OC(C)=O)[C@@H](C)[C@H]1C. The molecule has 0 aromatic rings. The number of carbonyl (C=O) groups excluding carboxylic acids is 2. The minimum absolute atomic E-state index is 0.261. The number of hydrogen-bond acceptors (Lipinski definition) is 46. The molecule has 680 valence electrons. The molecule has 0 aromatic carbocycles. The quantitative estimate of drug-likeness (QED) is 0.0297. The summed E-state index contributed by atoms with van der Waals surface area (Å²) in [6.45, 7) is 4.18. The predicted molar refractivity (Wildman–Crippen MR) is 371 cm³/mol. The Morgan fingerprint density at radius 1 is 0.231 bits per heavy atom. The second-order valence-corrected chi connectivity index (χ2v) is 31.9. The van der Waals surface area contributed by atoms with Gasteiger partial charge in [-0.2, -0.15) is 0 Å². The lowest BCUT2D eigenvalue weighted by atomic mass is 9.83. The molecule has 0 radical (unpaired) electrons. The average Bonchev–Trinajstić information content (AvgIpc) is 0.744. The molecule has 0 aliphatic carbocycles. The molecule has 46 nitrogen and oxygen atoms in total. The van der Waals surface area contributed by atoms with Crippen molar-refractivity contribution >= 4 is 11.9 Å². The van der Waals surface area contributed by atoms with Crippen LogP contribution in [0.1, 0.15) is 62.3 Å². The second-order valence-electron chi connectivity index (χ2n) is 31.9. The number of hydrogen-bond donors (Lipinski definition) is 23. The van der Waals surface area contributed by atoms with E-state index in [0.29, 0.717) is 0 Å². The van der Waals surface area contributed by atoms with E-state index in [-0.39, 0.29) is 6.61 Å². The zero-order valence-electron chi connectivity index (χ0n) is 65.6. The molecule has 0 spiro atoms. The number of aliphatic hydroxyl groups is 23. The summed E-state index contributed by atoms with van der Waals surface area (Å²) in [6, 6.07) is 0. The van der Waals surface area contributed by atoms with Gasteiger partial charge in [-0.3, -0.25) is 9.59 Å². The maximum absolute atomic E-state index is 13.1. The van der Waals surface area contributed by atoms with Gasteiger partial charge >= 0.3 is 11.9 Å². The molecule has 0 bridgehead atoms. The van der Waals surface area contributed by atoms with E-state index < -0.39 is 377 Å². The topological polar surface area (TPSA) is 693 Å². The van der Waals surface area contributed by atoms with Gasteiger partial charge in [0.15, 0.2) is 69.0 Å². The van der Waals surface area contributed by atoms with E-state index in [1.54, 1.807) is 13.8 Å². The maximum Gasteiger partial charge on any atom is 0.303 e. The number of ether oxygens (including phenoxy) is 21. The Morgan fingerprint density at radius 2 is 0.547 bits per heavy atom. The summed E-state index contributed by atoms with van der Waals surface area (Å²) in [5.41, 5.74) is 0. The first-order valence-corrected chi connectivity index (χ1v) is 39.2. The molecule has 46 heteroatoms. The van der Waals surface area contributed by atoms with E-state index in [2.05, 4.69) is 0 Å². The first kappa shape index (κ1) is 96.5.